The summed E-state index contributed by atoms with van der Waals surface area (Å²) in [5.41, 5.74) is 5.09. The molecule has 30 heavy (non-hydrogen) atoms. The predicted octanol–water partition coefficient (Wildman–Crippen LogP) is 4.41. The minimum Gasteiger partial charge on any atom is -0.484 e. The third kappa shape index (κ3) is 5.58. The minimum absolute atomic E-state index is 0.0466. The van der Waals surface area contributed by atoms with E-state index in [0.29, 0.717) is 5.75 Å². The Hall–Kier alpha value is -2.44. The highest BCUT2D eigenvalue weighted by molar-refractivity contribution is 7.80. The number of rotatable bonds is 5. The number of carbonyl (C=O) groups excluding carboxylic acids is 1. The van der Waals surface area contributed by atoms with Crippen LogP contribution in [0.4, 0.5) is 5.69 Å². The van der Waals surface area contributed by atoms with E-state index < -0.39 is 0 Å². The highest BCUT2D eigenvalue weighted by Gasteiger charge is 2.24. The van der Waals surface area contributed by atoms with Crippen molar-refractivity contribution in [2.75, 3.05) is 25.0 Å². The van der Waals surface area contributed by atoms with E-state index in [1.807, 2.05) is 45.0 Å². The molecule has 0 aliphatic carbocycles. The molecule has 0 spiro atoms. The Bertz CT molecular complexity index is 894. The summed E-state index contributed by atoms with van der Waals surface area (Å²) >= 11 is 5.67. The van der Waals surface area contributed by atoms with Gasteiger partial charge in [-0.3, -0.25) is 4.79 Å². The van der Waals surface area contributed by atoms with E-state index >= 15 is 0 Å². The Balaban J connectivity index is 1.56. The Morgan fingerprint density at radius 1 is 1.10 bits per heavy atom. The number of morpholine rings is 1. The summed E-state index contributed by atoms with van der Waals surface area (Å²) in [5.74, 6) is 0.457. The van der Waals surface area contributed by atoms with E-state index in [1.54, 1.807) is 0 Å². The molecule has 1 aliphatic heterocycles. The number of thiocarbonyl (C=S) groups is 1. The van der Waals surface area contributed by atoms with E-state index in [4.69, 9.17) is 21.7 Å². The molecule has 1 heterocycles. The van der Waals surface area contributed by atoms with E-state index in [9.17, 15) is 4.79 Å². The van der Waals surface area contributed by atoms with Gasteiger partial charge in [0.2, 0.25) is 0 Å². The molecule has 2 aromatic rings. The Morgan fingerprint density at radius 3 is 2.23 bits per heavy atom. The van der Waals surface area contributed by atoms with Crippen LogP contribution in [-0.4, -0.2) is 47.7 Å². The van der Waals surface area contributed by atoms with Gasteiger partial charge in [-0.25, -0.2) is 0 Å². The van der Waals surface area contributed by atoms with Gasteiger partial charge in [-0.15, -0.1) is 0 Å². The molecule has 0 aromatic heterocycles. The van der Waals surface area contributed by atoms with Crippen LogP contribution < -0.4 is 10.1 Å². The van der Waals surface area contributed by atoms with Crippen LogP contribution in [0.1, 0.15) is 36.1 Å². The predicted molar refractivity (Wildman–Crippen MR) is 125 cm³/mol. The maximum absolute atomic E-state index is 12.3. The maximum Gasteiger partial charge on any atom is 0.262 e. The molecule has 2 aromatic carbocycles. The molecule has 1 fully saturated rings. The summed E-state index contributed by atoms with van der Waals surface area (Å²) in [6, 6.07) is 11.7. The first-order valence-corrected chi connectivity index (χ1v) is 10.7. The van der Waals surface area contributed by atoms with Gasteiger partial charge in [-0.05, 0) is 70.0 Å². The summed E-state index contributed by atoms with van der Waals surface area (Å²) in [7, 11) is 0. The second-order valence-corrected chi connectivity index (χ2v) is 8.49. The first-order chi connectivity index (χ1) is 14.2. The van der Waals surface area contributed by atoms with Crippen LogP contribution in [0, 0.1) is 20.8 Å². The fourth-order valence-electron chi connectivity index (χ4n) is 3.92. The van der Waals surface area contributed by atoms with E-state index in [0.717, 1.165) is 40.5 Å². The molecule has 0 bridgehead atoms. The number of ether oxygens (including phenoxy) is 2. The number of nitrogens with one attached hydrogen (secondary N) is 1. The van der Waals surface area contributed by atoms with Crippen LogP contribution in [0.15, 0.2) is 36.4 Å². The number of nitrogens with zero attached hydrogens (tertiary/aromatic N) is 1. The number of aryl methyl sites for hydroxylation is 3. The number of hydrogen-bond donors (Lipinski definition) is 1. The van der Waals surface area contributed by atoms with Crippen molar-refractivity contribution in [1.82, 2.24) is 4.90 Å². The van der Waals surface area contributed by atoms with Crippen molar-refractivity contribution in [3.05, 3.63) is 58.7 Å². The normalized spacial score (nSPS) is 18.8. The number of hydrogen-bond acceptors (Lipinski definition) is 4. The molecule has 1 aliphatic rings. The van der Waals surface area contributed by atoms with Crippen LogP contribution in [0.2, 0.25) is 0 Å². The lowest BCUT2D eigenvalue weighted by molar-refractivity contribution is -0.118. The third-order valence-corrected chi connectivity index (χ3v) is 5.61. The molecular formula is C24H30N2O3S. The summed E-state index contributed by atoms with van der Waals surface area (Å²) < 4.78 is 11.4. The average molecular weight is 427 g/mol. The highest BCUT2D eigenvalue weighted by Crippen LogP contribution is 2.22. The summed E-state index contributed by atoms with van der Waals surface area (Å²) in [4.78, 5) is 15.3. The first-order valence-electron chi connectivity index (χ1n) is 10.3. The molecule has 1 N–H and O–H groups in total. The molecule has 1 saturated heterocycles. The summed E-state index contributed by atoms with van der Waals surface area (Å²) in [5, 5.41) is 2.95. The van der Waals surface area contributed by atoms with Crippen molar-refractivity contribution in [3.8, 4) is 5.75 Å². The summed E-state index contributed by atoms with van der Waals surface area (Å²) in [6.45, 7) is 11.7. The largest absolute Gasteiger partial charge is 0.484 e. The van der Waals surface area contributed by atoms with Crippen molar-refractivity contribution in [3.63, 3.8) is 0 Å². The Kier molecular flexibility index (Phi) is 7.10. The number of amides is 1. The molecule has 2 atom stereocenters. The zero-order chi connectivity index (χ0) is 21.8. The van der Waals surface area contributed by atoms with Gasteiger partial charge in [0, 0.05) is 24.3 Å². The standard InChI is InChI=1S/C24H30N2O3S/c1-15-10-16(2)23(17(3)11-15)25-22(27)14-28-21-8-6-20(7-9-21)24(30)26-12-18(4)29-19(5)13-26/h6-11,18-19H,12-14H2,1-5H3,(H,25,27)/t18-,19-/m0/s1. The zero-order valence-electron chi connectivity index (χ0n) is 18.3. The quantitative estimate of drug-likeness (QED) is 0.718. The second kappa shape index (κ2) is 9.58. The van der Waals surface area contributed by atoms with Crippen LogP contribution in [0.25, 0.3) is 0 Å². The maximum atomic E-state index is 12.3. The molecule has 0 radical (unpaired) electrons. The van der Waals surface area contributed by atoms with Gasteiger partial charge in [0.1, 0.15) is 10.7 Å². The van der Waals surface area contributed by atoms with E-state index in [1.165, 1.54) is 5.56 Å². The molecular weight excluding hydrogens is 396 g/mol. The molecule has 1 amide bonds. The molecule has 6 heteroatoms. The smallest absolute Gasteiger partial charge is 0.262 e. The molecule has 0 saturated carbocycles. The van der Waals surface area contributed by atoms with Crippen molar-refractivity contribution in [1.29, 1.82) is 0 Å². The lowest BCUT2D eigenvalue weighted by Gasteiger charge is -2.37. The van der Waals surface area contributed by atoms with Crippen LogP contribution in [0.5, 0.6) is 5.75 Å². The average Bonchev–Trinajstić information content (AvgIpc) is 2.68. The van der Waals surface area contributed by atoms with Crippen LogP contribution in [0.3, 0.4) is 0 Å². The van der Waals surface area contributed by atoms with Crippen LogP contribution >= 0.6 is 12.2 Å². The van der Waals surface area contributed by atoms with E-state index in [-0.39, 0.29) is 24.7 Å². The third-order valence-electron chi connectivity index (χ3n) is 5.12. The van der Waals surface area contributed by atoms with Gasteiger partial charge in [0.25, 0.3) is 5.91 Å². The van der Waals surface area contributed by atoms with Crippen LogP contribution in [-0.2, 0) is 9.53 Å². The molecule has 5 nitrogen and oxygen atoms in total. The zero-order valence-corrected chi connectivity index (χ0v) is 19.1. The topological polar surface area (TPSA) is 50.8 Å². The fourth-order valence-corrected chi connectivity index (χ4v) is 4.21. The lowest BCUT2D eigenvalue weighted by atomic mass is 10.1. The number of benzene rings is 2. The van der Waals surface area contributed by atoms with Gasteiger partial charge in [-0.1, -0.05) is 29.9 Å². The second-order valence-electron chi connectivity index (χ2n) is 8.10. The van der Waals surface area contributed by atoms with Gasteiger partial charge in [0.15, 0.2) is 6.61 Å². The Labute approximate surface area is 184 Å². The SMILES string of the molecule is Cc1cc(C)c(NC(=O)COc2ccc(C(=S)N3C[C@H](C)O[C@@H](C)C3)cc2)c(C)c1. The Morgan fingerprint density at radius 2 is 1.67 bits per heavy atom. The number of anilines is 1. The van der Waals surface area contributed by atoms with Crippen molar-refractivity contribution < 1.29 is 14.3 Å². The molecule has 0 unspecified atom stereocenters. The van der Waals surface area contributed by atoms with E-state index in [2.05, 4.69) is 36.2 Å². The van der Waals surface area contributed by atoms with Crippen molar-refractivity contribution >= 4 is 28.8 Å². The number of carbonyl (C=O) groups is 1. The molecule has 160 valence electrons. The van der Waals surface area contributed by atoms with Gasteiger partial charge >= 0.3 is 0 Å². The molecule has 3 rings (SSSR count). The van der Waals surface area contributed by atoms with Gasteiger partial charge in [-0.2, -0.15) is 0 Å². The lowest BCUT2D eigenvalue weighted by Crippen LogP contribution is -2.47. The minimum atomic E-state index is -0.180. The summed E-state index contributed by atoms with van der Waals surface area (Å²) in [6.07, 6.45) is 0.322. The van der Waals surface area contributed by atoms with Gasteiger partial charge < -0.3 is 19.7 Å². The highest BCUT2D eigenvalue weighted by atomic mass is 32.1. The monoisotopic (exact) mass is 426 g/mol. The van der Waals surface area contributed by atoms with Crippen molar-refractivity contribution in [2.45, 2.75) is 46.8 Å². The first kappa shape index (κ1) is 22.2. The van der Waals surface area contributed by atoms with Crippen molar-refractivity contribution in [2.24, 2.45) is 0 Å². The van der Waals surface area contributed by atoms with Gasteiger partial charge in [0.05, 0.1) is 12.2 Å². The fraction of sp³-hybridized carbons (Fsp3) is 0.417.